The summed E-state index contributed by atoms with van der Waals surface area (Å²) >= 11 is 0. The van der Waals surface area contributed by atoms with E-state index in [9.17, 15) is 61.0 Å². The molecule has 19 heteroatoms. The van der Waals surface area contributed by atoms with Gasteiger partial charge >= 0.3 is 0 Å². The van der Waals surface area contributed by atoms with Crippen molar-refractivity contribution in [2.75, 3.05) is 26.4 Å². The second-order valence-corrected chi connectivity index (χ2v) is 28.9. The maximum Gasteiger partial charge on any atom is 0.220 e. The first kappa shape index (κ1) is 93.9. The standard InChI is InChI=1S/C84H147NO18/c1-3-5-7-9-11-13-15-17-19-21-23-25-27-29-31-32-33-34-36-37-39-41-43-45-47-49-51-53-55-57-59-61-68(89)67(85-72(90)62-60-58-56-54-52-50-48-46-44-42-40-38-35-30-28-26-24-22-20-18-16-14-12-10-8-6-4-2)66-98-82-78(96)75(93)80(70(64-87)100-82)103-84-79(97)76(94)81(71(65-88)101-84)102-83-77(95)74(92)73(91)69(63-86)99-83/h6,8,12,14,18,20,24,26,30,35,40,42,46,48,59,61,67-71,73-84,86-89,91-97H,3-5,7,9-11,13,15-17,19,21-23,25,27-29,31-34,36-39,41,43-45,47,49-58,60,62-66H2,1-2H3,(H,85,90)/b8-6-,14-12-,20-18-,26-24-,35-30-,42-40-,48-46-,61-59+. The molecule has 3 aliphatic rings. The van der Waals surface area contributed by atoms with Crippen molar-refractivity contribution in [2.24, 2.45) is 0 Å². The summed E-state index contributed by atoms with van der Waals surface area (Å²) in [6, 6.07) is -0.993. The van der Waals surface area contributed by atoms with E-state index in [2.05, 4.69) is 104 Å². The van der Waals surface area contributed by atoms with E-state index in [1.54, 1.807) is 6.08 Å². The highest BCUT2D eigenvalue weighted by atomic mass is 16.8. The van der Waals surface area contributed by atoms with Gasteiger partial charge in [0.1, 0.15) is 73.2 Å². The molecule has 0 aromatic rings. The normalized spacial score (nSPS) is 26.6. The second kappa shape index (κ2) is 63.6. The molecule has 103 heavy (non-hydrogen) atoms. The van der Waals surface area contributed by atoms with Crippen LogP contribution in [-0.2, 0) is 33.2 Å². The van der Waals surface area contributed by atoms with Gasteiger partial charge in [-0.25, -0.2) is 0 Å². The Balaban J connectivity index is 1.39. The third-order valence-electron chi connectivity index (χ3n) is 19.9. The lowest BCUT2D eigenvalue weighted by Gasteiger charge is -2.48. The Hall–Kier alpha value is -3.29. The Morgan fingerprint density at radius 2 is 0.670 bits per heavy atom. The van der Waals surface area contributed by atoms with E-state index >= 15 is 0 Å². The number of carbonyl (C=O) groups is 1. The van der Waals surface area contributed by atoms with Gasteiger partial charge in [0.2, 0.25) is 5.91 Å². The minimum Gasteiger partial charge on any atom is -0.394 e. The zero-order valence-corrected chi connectivity index (χ0v) is 63.8. The van der Waals surface area contributed by atoms with Crippen LogP contribution in [0.25, 0.3) is 0 Å². The van der Waals surface area contributed by atoms with Crippen LogP contribution in [0, 0.1) is 0 Å². The SMILES string of the molecule is CC/C=C\C/C=C\C/C=C\C/C=C\C/C=C\C/C=C\C/C=C\CCCCCCCC(=O)NC(COC1OC(CO)C(OC2OC(CO)C(OC3OC(CO)C(O)C(O)C3O)C(O)C2O)C(O)C1O)C(O)/C=C/CCCCCCCCCCCCCCCCCCCCCCCCCCCCCCC. The fraction of sp³-hybridized carbons (Fsp3) is 0.798. The van der Waals surface area contributed by atoms with E-state index in [-0.39, 0.29) is 18.9 Å². The first-order chi connectivity index (χ1) is 50.3. The minimum absolute atomic E-state index is 0.215. The number of hydrogen-bond acceptors (Lipinski definition) is 18. The van der Waals surface area contributed by atoms with Gasteiger partial charge in [-0.3, -0.25) is 4.79 Å². The molecule has 0 aromatic carbocycles. The van der Waals surface area contributed by atoms with E-state index in [4.69, 9.17) is 28.4 Å². The molecule has 3 heterocycles. The molecule has 3 aliphatic heterocycles. The molecule has 0 aromatic heterocycles. The summed E-state index contributed by atoms with van der Waals surface area (Å²) in [5.74, 6) is -0.295. The molecule has 3 fully saturated rings. The highest BCUT2D eigenvalue weighted by Gasteiger charge is 2.54. The van der Waals surface area contributed by atoms with Crippen molar-refractivity contribution in [2.45, 2.75) is 401 Å². The molecule has 0 radical (unpaired) electrons. The Morgan fingerprint density at radius 1 is 0.359 bits per heavy atom. The topological polar surface area (TPSA) is 307 Å². The molecule has 3 saturated heterocycles. The number of aliphatic hydroxyl groups is 11. The smallest absolute Gasteiger partial charge is 0.220 e. The number of nitrogens with one attached hydrogen (secondary N) is 1. The van der Waals surface area contributed by atoms with Gasteiger partial charge in [-0.05, 0) is 77.0 Å². The maximum absolute atomic E-state index is 13.5. The highest BCUT2D eigenvalue weighted by molar-refractivity contribution is 5.76. The lowest BCUT2D eigenvalue weighted by Crippen LogP contribution is -2.66. The van der Waals surface area contributed by atoms with Crippen molar-refractivity contribution in [3.63, 3.8) is 0 Å². The minimum atomic E-state index is -1.99. The molecule has 12 N–H and O–H groups in total. The van der Waals surface area contributed by atoms with Gasteiger partial charge in [-0.15, -0.1) is 0 Å². The Kier molecular flexibility index (Phi) is 58.0. The lowest BCUT2D eigenvalue weighted by molar-refractivity contribution is -0.379. The summed E-state index contributed by atoms with van der Waals surface area (Å²) in [6.45, 7) is 1.63. The number of rotatable bonds is 64. The van der Waals surface area contributed by atoms with E-state index in [0.29, 0.717) is 6.42 Å². The predicted molar refractivity (Wildman–Crippen MR) is 411 cm³/mol. The largest absolute Gasteiger partial charge is 0.394 e. The Morgan fingerprint density at radius 3 is 1.05 bits per heavy atom. The maximum atomic E-state index is 13.5. The summed E-state index contributed by atoms with van der Waals surface area (Å²) < 4.78 is 34.5. The van der Waals surface area contributed by atoms with Crippen LogP contribution < -0.4 is 5.32 Å². The quantitative estimate of drug-likeness (QED) is 0.0199. The van der Waals surface area contributed by atoms with Crippen molar-refractivity contribution >= 4 is 5.91 Å². The molecule has 19 nitrogen and oxygen atoms in total. The highest BCUT2D eigenvalue weighted by Crippen LogP contribution is 2.33. The van der Waals surface area contributed by atoms with Gasteiger partial charge in [0.05, 0.1) is 38.6 Å². The van der Waals surface area contributed by atoms with Crippen molar-refractivity contribution in [1.82, 2.24) is 5.32 Å². The van der Waals surface area contributed by atoms with Crippen LogP contribution in [0.2, 0.25) is 0 Å². The van der Waals surface area contributed by atoms with Crippen LogP contribution in [0.3, 0.4) is 0 Å². The number of amides is 1. The van der Waals surface area contributed by atoms with Crippen LogP contribution in [0.5, 0.6) is 0 Å². The second-order valence-electron chi connectivity index (χ2n) is 28.9. The predicted octanol–water partition coefficient (Wildman–Crippen LogP) is 14.0. The fourth-order valence-electron chi connectivity index (χ4n) is 13.4. The average molecular weight is 1460 g/mol. The third kappa shape index (κ3) is 43.5. The molecule has 17 atom stereocenters. The molecule has 0 bridgehead atoms. The molecule has 1 amide bonds. The Labute approximate surface area is 622 Å². The van der Waals surface area contributed by atoms with Crippen molar-refractivity contribution in [1.29, 1.82) is 0 Å². The van der Waals surface area contributed by atoms with Crippen molar-refractivity contribution in [3.05, 3.63) is 97.2 Å². The molecule has 3 rings (SSSR count). The summed E-state index contributed by atoms with van der Waals surface area (Å²) in [7, 11) is 0. The van der Waals surface area contributed by atoms with E-state index in [1.807, 2.05) is 6.08 Å². The van der Waals surface area contributed by atoms with E-state index < -0.39 is 124 Å². The Bertz CT molecular complexity index is 2240. The monoisotopic (exact) mass is 1460 g/mol. The van der Waals surface area contributed by atoms with E-state index in [1.165, 1.54) is 167 Å². The van der Waals surface area contributed by atoms with Gasteiger partial charge in [0.15, 0.2) is 18.9 Å². The van der Waals surface area contributed by atoms with Crippen LogP contribution in [-0.4, -0.2) is 193 Å². The van der Waals surface area contributed by atoms with E-state index in [0.717, 1.165) is 103 Å². The summed E-state index contributed by atoms with van der Waals surface area (Å²) in [5, 5.41) is 121. The van der Waals surface area contributed by atoms with Gasteiger partial charge in [-0.1, -0.05) is 310 Å². The number of allylic oxidation sites excluding steroid dienone is 15. The summed E-state index contributed by atoms with van der Waals surface area (Å²) in [5.41, 5.74) is 0. The first-order valence-electron chi connectivity index (χ1n) is 41.0. The third-order valence-corrected chi connectivity index (χ3v) is 19.9. The number of ether oxygens (including phenoxy) is 6. The van der Waals surface area contributed by atoms with Crippen molar-refractivity contribution < 1.29 is 89.4 Å². The molecule has 17 unspecified atom stereocenters. The number of aliphatic hydroxyl groups excluding tert-OH is 11. The number of unbranched alkanes of at least 4 members (excludes halogenated alkanes) is 34. The summed E-state index contributed by atoms with van der Waals surface area (Å²) in [4.78, 5) is 13.5. The van der Waals surface area contributed by atoms with Gasteiger partial charge in [-0.2, -0.15) is 0 Å². The first-order valence-corrected chi connectivity index (χ1v) is 41.0. The van der Waals surface area contributed by atoms with Crippen LogP contribution in [0.4, 0.5) is 0 Å². The molecule has 0 aliphatic carbocycles. The lowest BCUT2D eigenvalue weighted by atomic mass is 9.96. The fourth-order valence-corrected chi connectivity index (χ4v) is 13.4. The molecular formula is C84H147NO18. The van der Waals surface area contributed by atoms with Crippen LogP contribution in [0.15, 0.2) is 97.2 Å². The zero-order chi connectivity index (χ0) is 74.6. The van der Waals surface area contributed by atoms with Gasteiger partial charge in [0, 0.05) is 6.42 Å². The molecular weight excluding hydrogens is 1310 g/mol. The molecule has 0 saturated carbocycles. The van der Waals surface area contributed by atoms with Gasteiger partial charge in [0.25, 0.3) is 0 Å². The van der Waals surface area contributed by atoms with Crippen LogP contribution in [0.1, 0.15) is 296 Å². The number of carbonyl (C=O) groups excluding carboxylic acids is 1. The van der Waals surface area contributed by atoms with Crippen molar-refractivity contribution in [3.8, 4) is 0 Å². The zero-order valence-electron chi connectivity index (χ0n) is 63.8. The molecule has 596 valence electrons. The van der Waals surface area contributed by atoms with Gasteiger partial charge < -0.3 is 89.9 Å². The summed E-state index contributed by atoms with van der Waals surface area (Å²) in [6.07, 6.45) is 59.6. The number of hydrogen-bond donors (Lipinski definition) is 12. The molecule has 0 spiro atoms. The van der Waals surface area contributed by atoms with Crippen LogP contribution >= 0.6 is 0 Å². The average Bonchev–Trinajstić information content (AvgIpc) is 0.781.